The van der Waals surface area contributed by atoms with Crippen LogP contribution in [0.3, 0.4) is 0 Å². The van der Waals surface area contributed by atoms with Crippen molar-refractivity contribution in [2.24, 2.45) is 0 Å². The molecule has 1 amide bonds. The highest BCUT2D eigenvalue weighted by Crippen LogP contribution is 2.18. The lowest BCUT2D eigenvalue weighted by atomic mass is 10.1. The van der Waals surface area contributed by atoms with Gasteiger partial charge in [0.25, 0.3) is 5.91 Å². The maximum absolute atomic E-state index is 13.5. The van der Waals surface area contributed by atoms with Crippen molar-refractivity contribution in [1.29, 1.82) is 0 Å². The average Bonchev–Trinajstić information content (AvgIpc) is 2.46. The van der Waals surface area contributed by atoms with E-state index in [1.165, 1.54) is 13.0 Å². The van der Waals surface area contributed by atoms with Crippen molar-refractivity contribution in [3.63, 3.8) is 0 Å². The number of ether oxygens (including phenoxy) is 2. The van der Waals surface area contributed by atoms with Crippen LogP contribution in [0.5, 0.6) is 0 Å². The molecular formula is C14H19FN2O4. The molecule has 0 heterocycles. The number of esters is 1. The third-order valence-corrected chi connectivity index (χ3v) is 2.80. The molecule has 1 rings (SSSR count). The Morgan fingerprint density at radius 3 is 2.71 bits per heavy atom. The molecule has 0 radical (unpaired) electrons. The van der Waals surface area contributed by atoms with Gasteiger partial charge in [-0.05, 0) is 25.5 Å². The Balaban J connectivity index is 2.45. The van der Waals surface area contributed by atoms with Crippen LogP contribution < -0.4 is 11.1 Å². The number of nitrogens with one attached hydrogen (secondary N) is 1. The fraction of sp³-hybridized carbons (Fsp3) is 0.429. The first-order valence-corrected chi connectivity index (χ1v) is 6.44. The second kappa shape index (κ2) is 8.21. The predicted molar refractivity (Wildman–Crippen MR) is 75.3 cm³/mol. The number of halogens is 1. The van der Waals surface area contributed by atoms with E-state index < -0.39 is 24.3 Å². The fourth-order valence-corrected chi connectivity index (χ4v) is 1.53. The number of nitrogens with two attached hydrogens (primary N) is 1. The number of anilines is 1. The van der Waals surface area contributed by atoms with Gasteiger partial charge in [-0.2, -0.15) is 0 Å². The highest BCUT2D eigenvalue weighted by molar-refractivity contribution is 5.92. The van der Waals surface area contributed by atoms with Crippen LogP contribution in [0.4, 0.5) is 10.1 Å². The maximum atomic E-state index is 13.5. The number of nitrogen functional groups attached to an aromatic ring is 1. The quantitative estimate of drug-likeness (QED) is 0.446. The third kappa shape index (κ3) is 5.39. The Morgan fingerprint density at radius 2 is 2.10 bits per heavy atom. The van der Waals surface area contributed by atoms with Crippen molar-refractivity contribution in [2.75, 3.05) is 32.6 Å². The summed E-state index contributed by atoms with van der Waals surface area (Å²) in [7, 11) is 1.57. The van der Waals surface area contributed by atoms with Crippen LogP contribution in [0.15, 0.2) is 12.1 Å². The van der Waals surface area contributed by atoms with Crippen molar-refractivity contribution in [3.05, 3.63) is 29.1 Å². The largest absolute Gasteiger partial charge is 0.452 e. The summed E-state index contributed by atoms with van der Waals surface area (Å²) in [5.41, 5.74) is 5.97. The zero-order chi connectivity index (χ0) is 15.8. The average molecular weight is 298 g/mol. The molecule has 0 aliphatic heterocycles. The van der Waals surface area contributed by atoms with E-state index in [1.807, 2.05) is 0 Å². The Labute approximate surface area is 122 Å². The van der Waals surface area contributed by atoms with E-state index in [4.69, 9.17) is 15.2 Å². The topological polar surface area (TPSA) is 90.6 Å². The van der Waals surface area contributed by atoms with E-state index >= 15 is 0 Å². The highest BCUT2D eigenvalue weighted by atomic mass is 19.1. The molecule has 116 valence electrons. The van der Waals surface area contributed by atoms with Gasteiger partial charge < -0.3 is 20.5 Å². The van der Waals surface area contributed by atoms with E-state index in [9.17, 15) is 14.0 Å². The molecule has 1 aromatic rings. The van der Waals surface area contributed by atoms with Crippen LogP contribution in [0.25, 0.3) is 0 Å². The minimum Gasteiger partial charge on any atom is -0.452 e. The van der Waals surface area contributed by atoms with Crippen molar-refractivity contribution < 1.29 is 23.5 Å². The summed E-state index contributed by atoms with van der Waals surface area (Å²) in [5.74, 6) is -1.82. The molecule has 0 saturated heterocycles. The Morgan fingerprint density at radius 1 is 1.38 bits per heavy atom. The molecule has 0 aliphatic carbocycles. The summed E-state index contributed by atoms with van der Waals surface area (Å²) >= 11 is 0. The molecule has 0 bridgehead atoms. The number of amides is 1. The van der Waals surface area contributed by atoms with E-state index in [0.29, 0.717) is 19.6 Å². The fourth-order valence-electron chi connectivity index (χ4n) is 1.53. The SMILES string of the molecule is COCCCNC(=O)COC(=O)c1cc(N)c(C)c(F)c1. The number of carbonyl (C=O) groups is 2. The van der Waals surface area contributed by atoms with Crippen LogP contribution in [0.1, 0.15) is 22.3 Å². The molecule has 0 spiro atoms. The second-order valence-electron chi connectivity index (χ2n) is 4.44. The van der Waals surface area contributed by atoms with Crippen molar-refractivity contribution in [3.8, 4) is 0 Å². The molecule has 0 unspecified atom stereocenters. The van der Waals surface area contributed by atoms with Crippen molar-refractivity contribution >= 4 is 17.6 Å². The smallest absolute Gasteiger partial charge is 0.338 e. The van der Waals surface area contributed by atoms with Gasteiger partial charge in [-0.3, -0.25) is 4.79 Å². The van der Waals surface area contributed by atoms with E-state index in [-0.39, 0.29) is 16.8 Å². The minimum absolute atomic E-state index is 0.0252. The summed E-state index contributed by atoms with van der Waals surface area (Å²) in [6.45, 7) is 2.03. The van der Waals surface area contributed by atoms with Gasteiger partial charge in [-0.1, -0.05) is 0 Å². The van der Waals surface area contributed by atoms with E-state index in [1.54, 1.807) is 7.11 Å². The van der Waals surface area contributed by atoms with Gasteiger partial charge in [0.1, 0.15) is 5.82 Å². The van der Waals surface area contributed by atoms with Crippen LogP contribution in [-0.4, -0.2) is 38.7 Å². The predicted octanol–water partition coefficient (Wildman–Crippen LogP) is 1.03. The van der Waals surface area contributed by atoms with Gasteiger partial charge in [0.05, 0.1) is 5.56 Å². The van der Waals surface area contributed by atoms with Crippen LogP contribution in [0.2, 0.25) is 0 Å². The molecule has 1 aromatic carbocycles. The van der Waals surface area contributed by atoms with Crippen molar-refractivity contribution in [1.82, 2.24) is 5.32 Å². The van der Waals surface area contributed by atoms with Gasteiger partial charge in [0.15, 0.2) is 6.61 Å². The Kier molecular flexibility index (Phi) is 6.61. The normalized spacial score (nSPS) is 10.2. The molecule has 0 fully saturated rings. The van der Waals surface area contributed by atoms with Gasteiger partial charge in [-0.25, -0.2) is 9.18 Å². The lowest BCUT2D eigenvalue weighted by molar-refractivity contribution is -0.124. The van der Waals surface area contributed by atoms with Gasteiger partial charge >= 0.3 is 5.97 Å². The number of methoxy groups -OCH3 is 1. The van der Waals surface area contributed by atoms with Crippen molar-refractivity contribution in [2.45, 2.75) is 13.3 Å². The summed E-state index contributed by atoms with van der Waals surface area (Å²) in [6.07, 6.45) is 0.663. The molecule has 0 atom stereocenters. The molecule has 0 aromatic heterocycles. The van der Waals surface area contributed by atoms with E-state index in [0.717, 1.165) is 6.07 Å². The first-order chi connectivity index (χ1) is 9.95. The number of hydrogen-bond acceptors (Lipinski definition) is 5. The summed E-state index contributed by atoms with van der Waals surface area (Å²) < 4.78 is 23.1. The molecular weight excluding hydrogens is 279 g/mol. The third-order valence-electron chi connectivity index (χ3n) is 2.80. The van der Waals surface area contributed by atoms with Crippen LogP contribution >= 0.6 is 0 Å². The Bertz CT molecular complexity index is 497. The zero-order valence-electron chi connectivity index (χ0n) is 12.1. The Hall–Kier alpha value is -2.15. The highest BCUT2D eigenvalue weighted by Gasteiger charge is 2.13. The standard InChI is InChI=1S/C14H19FN2O4/c1-9-11(15)6-10(7-12(9)16)14(19)21-8-13(18)17-4-3-5-20-2/h6-7H,3-5,8,16H2,1-2H3,(H,17,18). The van der Waals surface area contributed by atoms with Crippen LogP contribution in [-0.2, 0) is 14.3 Å². The lowest BCUT2D eigenvalue weighted by Crippen LogP contribution is -2.30. The van der Waals surface area contributed by atoms with Gasteiger partial charge in [0, 0.05) is 31.5 Å². The number of rotatable bonds is 7. The minimum atomic E-state index is -0.798. The lowest BCUT2D eigenvalue weighted by Gasteiger charge is -2.08. The van der Waals surface area contributed by atoms with Gasteiger partial charge in [-0.15, -0.1) is 0 Å². The molecule has 0 aliphatic rings. The number of hydrogen-bond donors (Lipinski definition) is 2. The second-order valence-corrected chi connectivity index (χ2v) is 4.44. The first kappa shape index (κ1) is 16.9. The summed E-state index contributed by atoms with van der Waals surface area (Å²) in [6, 6.07) is 2.35. The monoisotopic (exact) mass is 298 g/mol. The number of carbonyl (C=O) groups excluding carboxylic acids is 2. The summed E-state index contributed by atoms with van der Waals surface area (Å²) in [4.78, 5) is 23.1. The van der Waals surface area contributed by atoms with E-state index in [2.05, 4.69) is 5.32 Å². The molecule has 3 N–H and O–H groups in total. The molecule has 21 heavy (non-hydrogen) atoms. The zero-order valence-corrected chi connectivity index (χ0v) is 12.1. The molecule has 0 saturated carbocycles. The van der Waals surface area contributed by atoms with Gasteiger partial charge in [0.2, 0.25) is 0 Å². The maximum Gasteiger partial charge on any atom is 0.338 e. The summed E-state index contributed by atoms with van der Waals surface area (Å²) in [5, 5.41) is 2.56. The first-order valence-electron chi connectivity index (χ1n) is 6.44. The van der Waals surface area contributed by atoms with Crippen LogP contribution in [0, 0.1) is 12.7 Å². The molecule has 7 heteroatoms. The molecule has 6 nitrogen and oxygen atoms in total. The number of benzene rings is 1.